The molecule has 1 heteroatoms. The molecule has 0 saturated heterocycles. The van der Waals surface area contributed by atoms with E-state index in [9.17, 15) is 0 Å². The SMILES string of the molecule is C=C/C(=C(\C=C)N(c1ccc(-c2ccc3ccc4ccccc4c3c2)cc1)c1ccc(-c2ccccc2)c(C(C)(c2ccccc2)c2ccccc2)c1)c1cc2ccccc2c2ccccc12. The van der Waals surface area contributed by atoms with Gasteiger partial charge in [0.1, 0.15) is 0 Å². The Kier molecular flexibility index (Phi) is 10.7. The van der Waals surface area contributed by atoms with Gasteiger partial charge in [-0.3, -0.25) is 0 Å². The molecule has 0 aromatic heterocycles. The molecule has 0 amide bonds. The summed E-state index contributed by atoms with van der Waals surface area (Å²) in [5, 5.41) is 9.75. The van der Waals surface area contributed by atoms with E-state index in [1.54, 1.807) is 0 Å². The van der Waals surface area contributed by atoms with Crippen LogP contribution in [0.2, 0.25) is 0 Å². The minimum absolute atomic E-state index is 0.534. The number of allylic oxidation sites excluding steroid dienone is 3. The topological polar surface area (TPSA) is 3.24 Å². The fourth-order valence-electron chi connectivity index (χ4n) is 10.3. The van der Waals surface area contributed by atoms with Crippen LogP contribution in [0.25, 0.3) is 70.9 Å². The largest absolute Gasteiger partial charge is 0.310 e. The summed E-state index contributed by atoms with van der Waals surface area (Å²) in [6.07, 6.45) is 4.01. The van der Waals surface area contributed by atoms with Gasteiger partial charge in [-0.1, -0.05) is 225 Å². The molecule has 0 bridgehead atoms. The molecule has 0 radical (unpaired) electrons. The number of rotatable bonds is 11. The van der Waals surface area contributed by atoms with Crippen molar-refractivity contribution in [2.75, 3.05) is 4.90 Å². The summed E-state index contributed by atoms with van der Waals surface area (Å²) in [4.78, 5) is 2.38. The van der Waals surface area contributed by atoms with Crippen LogP contribution in [0, 0.1) is 0 Å². The quantitative estimate of drug-likeness (QED) is 0.0712. The van der Waals surface area contributed by atoms with Gasteiger partial charge in [0, 0.05) is 22.4 Å². The van der Waals surface area contributed by atoms with Gasteiger partial charge in [0.2, 0.25) is 0 Å². The monoisotopic (exact) mass is 855 g/mol. The Labute approximate surface area is 393 Å². The first-order valence-electron chi connectivity index (χ1n) is 23.1. The summed E-state index contributed by atoms with van der Waals surface area (Å²) < 4.78 is 0. The molecule has 67 heavy (non-hydrogen) atoms. The van der Waals surface area contributed by atoms with Crippen LogP contribution in [0.5, 0.6) is 0 Å². The lowest BCUT2D eigenvalue weighted by atomic mass is 9.69. The minimum atomic E-state index is -0.534. The van der Waals surface area contributed by atoms with E-state index in [-0.39, 0.29) is 0 Å². The van der Waals surface area contributed by atoms with Gasteiger partial charge in [0.25, 0.3) is 0 Å². The Hall–Kier alpha value is -8.52. The van der Waals surface area contributed by atoms with E-state index in [4.69, 9.17) is 0 Å². The van der Waals surface area contributed by atoms with Crippen molar-refractivity contribution in [3.8, 4) is 22.3 Å². The Bertz CT molecular complexity index is 3620. The van der Waals surface area contributed by atoms with E-state index in [0.717, 1.165) is 44.7 Å². The van der Waals surface area contributed by atoms with Crippen molar-refractivity contribution in [2.24, 2.45) is 0 Å². The Balaban J connectivity index is 1.17. The molecule has 318 valence electrons. The summed E-state index contributed by atoms with van der Waals surface area (Å²) in [6.45, 7) is 11.5. The van der Waals surface area contributed by atoms with Gasteiger partial charge in [-0.25, -0.2) is 0 Å². The zero-order valence-corrected chi connectivity index (χ0v) is 37.6. The number of hydrogen-bond acceptors (Lipinski definition) is 1. The second-order valence-electron chi connectivity index (χ2n) is 17.5. The first-order chi connectivity index (χ1) is 33.0. The Morgan fingerprint density at radius 2 is 0.896 bits per heavy atom. The molecule has 0 atom stereocenters. The highest BCUT2D eigenvalue weighted by Gasteiger charge is 2.34. The van der Waals surface area contributed by atoms with Crippen molar-refractivity contribution < 1.29 is 0 Å². The fourth-order valence-corrected chi connectivity index (χ4v) is 10.3. The maximum Gasteiger partial charge on any atom is 0.0534 e. The number of hydrogen-bond donors (Lipinski definition) is 0. The molecule has 0 aliphatic rings. The second-order valence-corrected chi connectivity index (χ2v) is 17.5. The summed E-state index contributed by atoms with van der Waals surface area (Å²) in [7, 11) is 0. The third kappa shape index (κ3) is 7.32. The molecule has 11 aromatic carbocycles. The molecule has 0 N–H and O–H groups in total. The van der Waals surface area contributed by atoms with Crippen LogP contribution in [0.1, 0.15) is 29.2 Å². The molecule has 11 aromatic rings. The van der Waals surface area contributed by atoms with Crippen LogP contribution >= 0.6 is 0 Å². The molecule has 0 unspecified atom stereocenters. The van der Waals surface area contributed by atoms with E-state index >= 15 is 0 Å². The van der Waals surface area contributed by atoms with E-state index < -0.39 is 5.41 Å². The summed E-state index contributed by atoms with van der Waals surface area (Å²) >= 11 is 0. The summed E-state index contributed by atoms with van der Waals surface area (Å²) in [5.41, 5.74) is 12.8. The van der Waals surface area contributed by atoms with Crippen LogP contribution in [0.4, 0.5) is 11.4 Å². The molecule has 0 fully saturated rings. The Morgan fingerprint density at radius 3 is 1.54 bits per heavy atom. The van der Waals surface area contributed by atoms with Gasteiger partial charge in [-0.2, -0.15) is 0 Å². The molecule has 0 spiro atoms. The third-order valence-electron chi connectivity index (χ3n) is 13.8. The van der Waals surface area contributed by atoms with Crippen LogP contribution in [0.15, 0.2) is 274 Å². The van der Waals surface area contributed by atoms with Crippen molar-refractivity contribution in [3.05, 3.63) is 296 Å². The van der Waals surface area contributed by atoms with E-state index in [0.29, 0.717) is 0 Å². The molecule has 0 aliphatic heterocycles. The number of nitrogens with zero attached hydrogens (tertiary/aromatic N) is 1. The smallest absolute Gasteiger partial charge is 0.0534 e. The van der Waals surface area contributed by atoms with Crippen molar-refractivity contribution in [3.63, 3.8) is 0 Å². The molecule has 0 aliphatic carbocycles. The fraction of sp³-hybridized carbons (Fsp3) is 0.0303. The van der Waals surface area contributed by atoms with Crippen LogP contribution < -0.4 is 4.90 Å². The average Bonchev–Trinajstić information content (AvgIpc) is 3.41. The zero-order chi connectivity index (χ0) is 45.3. The standard InChI is InChI=1S/C66H49N/c1-4-56(63-44-51-24-16-18-30-58(51)60-31-19-20-32-61(60)63)65(5-2)67(54-39-37-46(38-40-54)50-36-35-49-34-33-48-23-15-17-29-57(48)62(49)43-50)55-41-42-59(47-21-9-6-10-22-47)64(45-55)66(3,52-25-11-7-12-26-52)53-27-13-8-14-28-53/h4-45H,1-2H2,3H3/b65-56-. The lowest BCUT2D eigenvalue weighted by Gasteiger charge is -2.36. The molecular weight excluding hydrogens is 807 g/mol. The van der Waals surface area contributed by atoms with Gasteiger partial charge in [0.15, 0.2) is 0 Å². The van der Waals surface area contributed by atoms with Gasteiger partial charge in [0.05, 0.1) is 5.70 Å². The van der Waals surface area contributed by atoms with E-state index in [1.165, 1.54) is 65.5 Å². The summed E-state index contributed by atoms with van der Waals surface area (Å²) in [5.74, 6) is 0. The van der Waals surface area contributed by atoms with Crippen LogP contribution in [-0.2, 0) is 5.41 Å². The van der Waals surface area contributed by atoms with Gasteiger partial charge < -0.3 is 4.90 Å². The first-order valence-corrected chi connectivity index (χ1v) is 23.1. The highest BCUT2D eigenvalue weighted by atomic mass is 15.1. The summed E-state index contributed by atoms with van der Waals surface area (Å²) in [6, 6.07) is 88.2. The van der Waals surface area contributed by atoms with Crippen molar-refractivity contribution in [1.82, 2.24) is 0 Å². The van der Waals surface area contributed by atoms with Crippen LogP contribution in [0.3, 0.4) is 0 Å². The molecular formula is C66H49N. The van der Waals surface area contributed by atoms with Gasteiger partial charge in [-0.05, 0) is 137 Å². The average molecular weight is 856 g/mol. The molecule has 1 nitrogen and oxygen atoms in total. The maximum absolute atomic E-state index is 4.57. The number of fused-ring (bicyclic) bond motifs is 6. The van der Waals surface area contributed by atoms with E-state index in [1.807, 2.05) is 12.2 Å². The highest BCUT2D eigenvalue weighted by Crippen LogP contribution is 2.47. The van der Waals surface area contributed by atoms with Crippen molar-refractivity contribution in [1.29, 1.82) is 0 Å². The predicted octanol–water partition coefficient (Wildman–Crippen LogP) is 17.9. The van der Waals surface area contributed by atoms with E-state index in [2.05, 4.69) is 268 Å². The highest BCUT2D eigenvalue weighted by molar-refractivity contribution is 6.13. The molecule has 0 saturated carbocycles. The lowest BCUT2D eigenvalue weighted by Crippen LogP contribution is -2.27. The first kappa shape index (κ1) is 41.2. The number of benzene rings is 11. The minimum Gasteiger partial charge on any atom is -0.310 e. The predicted molar refractivity (Wildman–Crippen MR) is 288 cm³/mol. The van der Waals surface area contributed by atoms with Gasteiger partial charge >= 0.3 is 0 Å². The Morgan fingerprint density at radius 1 is 0.388 bits per heavy atom. The second kappa shape index (κ2) is 17.5. The van der Waals surface area contributed by atoms with Crippen molar-refractivity contribution in [2.45, 2.75) is 12.3 Å². The maximum atomic E-state index is 4.57. The normalized spacial score (nSPS) is 12.0. The number of anilines is 2. The van der Waals surface area contributed by atoms with Crippen molar-refractivity contribution >= 4 is 60.0 Å². The molecule has 11 rings (SSSR count). The third-order valence-corrected chi connectivity index (χ3v) is 13.8. The van der Waals surface area contributed by atoms with Gasteiger partial charge in [-0.15, -0.1) is 0 Å². The molecule has 0 heterocycles. The lowest BCUT2D eigenvalue weighted by molar-refractivity contribution is 0.694. The van der Waals surface area contributed by atoms with Crippen LogP contribution in [-0.4, -0.2) is 0 Å². The zero-order valence-electron chi connectivity index (χ0n) is 37.6.